The van der Waals surface area contributed by atoms with E-state index in [1.165, 1.54) is 44.1 Å². The van der Waals surface area contributed by atoms with Crippen LogP contribution < -0.4 is 0 Å². The van der Waals surface area contributed by atoms with Gasteiger partial charge in [0.05, 0.1) is 18.6 Å². The Kier molecular flexibility index (Phi) is 6.26. The van der Waals surface area contributed by atoms with Crippen molar-refractivity contribution in [2.45, 2.75) is 58.4 Å². The molecule has 0 bridgehead atoms. The zero-order valence-corrected chi connectivity index (χ0v) is 15.1. The van der Waals surface area contributed by atoms with Crippen molar-refractivity contribution in [1.29, 1.82) is 0 Å². The van der Waals surface area contributed by atoms with Crippen molar-refractivity contribution in [2.75, 3.05) is 6.61 Å². The highest BCUT2D eigenvalue weighted by molar-refractivity contribution is 5.88. The molecule has 0 atom stereocenters. The van der Waals surface area contributed by atoms with Crippen LogP contribution in [0.15, 0.2) is 36.7 Å². The van der Waals surface area contributed by atoms with E-state index in [0.29, 0.717) is 18.2 Å². The monoisotopic (exact) mass is 340 g/mol. The Labute approximate surface area is 150 Å². The van der Waals surface area contributed by atoms with Crippen molar-refractivity contribution in [1.82, 2.24) is 9.55 Å². The first-order chi connectivity index (χ1) is 12.3. The minimum absolute atomic E-state index is 0.294. The smallest absolute Gasteiger partial charge is 0.358 e. The maximum atomic E-state index is 12.3. The van der Waals surface area contributed by atoms with Gasteiger partial charge in [0.15, 0.2) is 5.69 Å². The number of nitrogens with zero attached hydrogens (tertiary/aromatic N) is 2. The molecule has 0 radical (unpaired) electrons. The van der Waals surface area contributed by atoms with Crippen LogP contribution in [-0.4, -0.2) is 22.1 Å². The molecule has 0 unspecified atom stereocenters. The number of aromatic nitrogens is 2. The molecular weight excluding hydrogens is 312 g/mol. The molecule has 3 rings (SSSR count). The maximum Gasteiger partial charge on any atom is 0.358 e. The highest BCUT2D eigenvalue weighted by atomic mass is 16.5. The molecule has 0 aliphatic heterocycles. The first kappa shape index (κ1) is 17.7. The number of imidazole rings is 1. The third kappa shape index (κ3) is 4.71. The Balaban J connectivity index is 1.84. The van der Waals surface area contributed by atoms with Crippen molar-refractivity contribution < 1.29 is 9.53 Å². The molecule has 2 aromatic rings. The van der Waals surface area contributed by atoms with Crippen LogP contribution in [-0.2, 0) is 17.7 Å². The molecule has 0 N–H and O–H groups in total. The van der Waals surface area contributed by atoms with E-state index in [2.05, 4.69) is 21.7 Å². The van der Waals surface area contributed by atoms with Crippen LogP contribution in [0.25, 0.3) is 0 Å². The van der Waals surface area contributed by atoms with Gasteiger partial charge in [-0.3, -0.25) is 0 Å². The Bertz CT molecular complexity index is 670. The van der Waals surface area contributed by atoms with Crippen LogP contribution >= 0.6 is 0 Å². The predicted octanol–water partition coefficient (Wildman–Crippen LogP) is 4.62. The van der Waals surface area contributed by atoms with Crippen molar-refractivity contribution >= 4 is 5.97 Å². The summed E-state index contributed by atoms with van der Waals surface area (Å²) in [5, 5.41) is 0. The molecule has 4 heteroatoms. The van der Waals surface area contributed by atoms with Gasteiger partial charge in [0.2, 0.25) is 0 Å². The molecule has 0 spiro atoms. The molecule has 1 aromatic carbocycles. The van der Waals surface area contributed by atoms with Crippen molar-refractivity contribution in [3.8, 4) is 0 Å². The minimum atomic E-state index is -0.294. The lowest BCUT2D eigenvalue weighted by Crippen LogP contribution is -2.15. The van der Waals surface area contributed by atoms with Gasteiger partial charge in [0.1, 0.15) is 0 Å². The standard InChI is InChI=1S/C21H28N2O2/c1-2-25-21(24)20-19(14-17-10-6-3-4-7-11-17)23(16-22-20)15-18-12-8-5-9-13-18/h5,8-9,12-13,16-17H,2-4,6-7,10-11,14-15H2,1H3. The molecule has 0 saturated heterocycles. The fraction of sp³-hybridized carbons (Fsp3) is 0.524. The Morgan fingerprint density at radius 1 is 1.16 bits per heavy atom. The van der Waals surface area contributed by atoms with Crippen LogP contribution in [0, 0.1) is 5.92 Å². The molecule has 25 heavy (non-hydrogen) atoms. The Morgan fingerprint density at radius 2 is 1.88 bits per heavy atom. The summed E-state index contributed by atoms with van der Waals surface area (Å²) < 4.78 is 7.36. The number of esters is 1. The van der Waals surface area contributed by atoms with Gasteiger partial charge < -0.3 is 9.30 Å². The molecular formula is C21H28N2O2. The summed E-state index contributed by atoms with van der Waals surface area (Å²) in [6, 6.07) is 10.3. The fourth-order valence-corrected chi connectivity index (χ4v) is 3.75. The Hall–Kier alpha value is -2.10. The number of carbonyl (C=O) groups excluding carboxylic acids is 1. The van der Waals surface area contributed by atoms with Crippen LogP contribution in [0.4, 0.5) is 0 Å². The maximum absolute atomic E-state index is 12.3. The van der Waals surface area contributed by atoms with Gasteiger partial charge >= 0.3 is 5.97 Å². The molecule has 134 valence electrons. The molecule has 1 aliphatic rings. The summed E-state index contributed by atoms with van der Waals surface area (Å²) >= 11 is 0. The van der Waals surface area contributed by atoms with Gasteiger partial charge in [-0.2, -0.15) is 0 Å². The average molecular weight is 340 g/mol. The topological polar surface area (TPSA) is 44.1 Å². The second kappa shape index (κ2) is 8.84. The van der Waals surface area contributed by atoms with E-state index in [0.717, 1.165) is 18.7 Å². The van der Waals surface area contributed by atoms with E-state index in [9.17, 15) is 4.79 Å². The highest BCUT2D eigenvalue weighted by Gasteiger charge is 2.23. The van der Waals surface area contributed by atoms with Gasteiger partial charge in [0.25, 0.3) is 0 Å². The van der Waals surface area contributed by atoms with Gasteiger partial charge in [-0.05, 0) is 24.8 Å². The minimum Gasteiger partial charge on any atom is -0.461 e. The zero-order chi connectivity index (χ0) is 17.5. The van der Waals surface area contributed by atoms with E-state index in [1.54, 1.807) is 6.33 Å². The largest absolute Gasteiger partial charge is 0.461 e. The number of hydrogen-bond acceptors (Lipinski definition) is 3. The van der Waals surface area contributed by atoms with E-state index in [1.807, 2.05) is 25.1 Å². The van der Waals surface area contributed by atoms with Gasteiger partial charge in [-0.1, -0.05) is 68.9 Å². The zero-order valence-electron chi connectivity index (χ0n) is 15.1. The molecule has 1 heterocycles. The molecule has 1 saturated carbocycles. The lowest BCUT2D eigenvalue weighted by Gasteiger charge is -2.17. The van der Waals surface area contributed by atoms with Crippen molar-refractivity contribution in [2.24, 2.45) is 5.92 Å². The summed E-state index contributed by atoms with van der Waals surface area (Å²) in [6.07, 6.45) is 10.5. The average Bonchev–Trinajstić information content (AvgIpc) is 2.83. The van der Waals surface area contributed by atoms with Crippen LogP contribution in [0.3, 0.4) is 0 Å². The van der Waals surface area contributed by atoms with Crippen LogP contribution in [0.1, 0.15) is 67.2 Å². The quantitative estimate of drug-likeness (QED) is 0.569. The normalized spacial score (nSPS) is 15.7. The fourth-order valence-electron chi connectivity index (χ4n) is 3.75. The van der Waals surface area contributed by atoms with E-state index >= 15 is 0 Å². The van der Waals surface area contributed by atoms with Crippen LogP contribution in [0.2, 0.25) is 0 Å². The molecule has 1 aliphatic carbocycles. The molecule has 0 amide bonds. The third-order valence-electron chi connectivity index (χ3n) is 5.07. The van der Waals surface area contributed by atoms with Gasteiger partial charge in [-0.25, -0.2) is 9.78 Å². The third-order valence-corrected chi connectivity index (χ3v) is 5.07. The predicted molar refractivity (Wildman–Crippen MR) is 98.6 cm³/mol. The lowest BCUT2D eigenvalue weighted by atomic mass is 9.94. The molecule has 1 fully saturated rings. The number of rotatable bonds is 6. The molecule has 4 nitrogen and oxygen atoms in total. The second-order valence-corrected chi connectivity index (χ2v) is 6.94. The number of ether oxygens (including phenoxy) is 1. The van der Waals surface area contributed by atoms with Crippen molar-refractivity contribution in [3.05, 3.63) is 53.6 Å². The summed E-state index contributed by atoms with van der Waals surface area (Å²) in [5.74, 6) is 0.347. The first-order valence-corrected chi connectivity index (χ1v) is 9.53. The van der Waals surface area contributed by atoms with E-state index < -0.39 is 0 Å². The Morgan fingerprint density at radius 3 is 2.56 bits per heavy atom. The van der Waals surface area contributed by atoms with Crippen LogP contribution in [0.5, 0.6) is 0 Å². The number of hydrogen-bond donors (Lipinski definition) is 0. The van der Waals surface area contributed by atoms with E-state index in [4.69, 9.17) is 4.74 Å². The summed E-state index contributed by atoms with van der Waals surface area (Å²) in [5.41, 5.74) is 2.76. The summed E-state index contributed by atoms with van der Waals surface area (Å²) in [7, 11) is 0. The SMILES string of the molecule is CCOC(=O)c1ncn(Cc2ccccc2)c1CC1CCCCCC1. The van der Waals surface area contributed by atoms with E-state index in [-0.39, 0.29) is 5.97 Å². The number of carbonyl (C=O) groups is 1. The van der Waals surface area contributed by atoms with Gasteiger partial charge in [-0.15, -0.1) is 0 Å². The summed E-state index contributed by atoms with van der Waals surface area (Å²) in [6.45, 7) is 2.96. The van der Waals surface area contributed by atoms with Crippen molar-refractivity contribution in [3.63, 3.8) is 0 Å². The first-order valence-electron chi connectivity index (χ1n) is 9.53. The lowest BCUT2D eigenvalue weighted by molar-refractivity contribution is 0.0518. The summed E-state index contributed by atoms with van der Waals surface area (Å²) in [4.78, 5) is 16.8. The second-order valence-electron chi connectivity index (χ2n) is 6.94. The van der Waals surface area contributed by atoms with Gasteiger partial charge in [0, 0.05) is 6.54 Å². The number of benzene rings is 1. The highest BCUT2D eigenvalue weighted by Crippen LogP contribution is 2.27. The molecule has 1 aromatic heterocycles.